The van der Waals surface area contributed by atoms with Crippen molar-refractivity contribution >= 4 is 68.0 Å². The van der Waals surface area contributed by atoms with Crippen LogP contribution in [-0.4, -0.2) is 139 Å². The van der Waals surface area contributed by atoms with E-state index in [1.807, 2.05) is 19.6 Å². The summed E-state index contributed by atoms with van der Waals surface area (Å²) in [6.07, 6.45) is 0. The zero-order chi connectivity index (χ0) is 36.6. The van der Waals surface area contributed by atoms with E-state index in [1.165, 1.54) is 28.4 Å². The van der Waals surface area contributed by atoms with Gasteiger partial charge in [0.1, 0.15) is 0 Å². The van der Waals surface area contributed by atoms with E-state index in [-0.39, 0.29) is 0 Å². The fraction of sp³-hybridized carbons (Fsp3) is 1.00. The average Bonchev–Trinajstić information content (AvgIpc) is 2.94. The van der Waals surface area contributed by atoms with Crippen molar-refractivity contribution in [2.75, 3.05) is 42.7 Å². The molecule has 0 saturated heterocycles. The maximum Gasteiger partial charge on any atom is 0.331 e. The van der Waals surface area contributed by atoms with Crippen molar-refractivity contribution in [1.82, 2.24) is 0 Å². The molecule has 0 aliphatic heterocycles. The van der Waals surface area contributed by atoms with Gasteiger partial charge >= 0.3 is 51.4 Å². The lowest BCUT2D eigenvalue weighted by atomic mass is 10.9. The fourth-order valence-corrected chi connectivity index (χ4v) is 26.1. The van der Waals surface area contributed by atoms with Crippen molar-refractivity contribution in [3.63, 3.8) is 0 Å². The Hall–Kier alpha value is 1.22. The van der Waals surface area contributed by atoms with Crippen LogP contribution >= 0.6 is 0 Å². The molecule has 21 heteroatoms. The Morgan fingerprint density at radius 2 is 0.489 bits per heavy atom. The third-order valence-electron chi connectivity index (χ3n) is 7.73. The topological polar surface area (TPSA) is 186 Å². The first-order chi connectivity index (χ1) is 19.9. The van der Waals surface area contributed by atoms with Crippen LogP contribution in [0.15, 0.2) is 0 Å². The van der Waals surface area contributed by atoms with Gasteiger partial charge in [0.05, 0.1) is 0 Å². The number of hydrogen-bond acceptors (Lipinski definition) is 13. The molecule has 0 spiro atoms. The first kappa shape index (κ1) is 50.6. The smallest absolute Gasteiger partial charge is 0.331 e. The third-order valence-corrected chi connectivity index (χ3v) is 29.2. The second kappa shape index (κ2) is 21.4. The van der Waals surface area contributed by atoms with Crippen LogP contribution in [0.25, 0.3) is 0 Å². The van der Waals surface area contributed by atoms with Gasteiger partial charge in [0.15, 0.2) is 16.6 Å². The van der Waals surface area contributed by atoms with E-state index in [2.05, 4.69) is 13.1 Å². The molecular weight excluding hydrogens is 721 g/mol. The van der Waals surface area contributed by atoms with Gasteiger partial charge in [-0.15, -0.1) is 0 Å². The highest BCUT2D eigenvalue weighted by molar-refractivity contribution is 6.83. The van der Waals surface area contributed by atoms with Gasteiger partial charge in [-0.25, -0.2) is 0 Å². The summed E-state index contributed by atoms with van der Waals surface area (Å²) in [5, 5.41) is 0. The van der Waals surface area contributed by atoms with Crippen molar-refractivity contribution in [1.29, 1.82) is 0 Å². The summed E-state index contributed by atoms with van der Waals surface area (Å²) in [6.45, 7) is 18.8. The molecule has 13 nitrogen and oxygen atoms in total. The van der Waals surface area contributed by atoms with Crippen molar-refractivity contribution in [3.8, 4) is 0 Å². The van der Waals surface area contributed by atoms with E-state index in [9.17, 15) is 28.8 Å². The Kier molecular flexibility index (Phi) is 24.1. The molecule has 0 aliphatic carbocycles. The lowest BCUT2D eigenvalue weighted by Crippen LogP contribution is -2.49. The summed E-state index contributed by atoms with van der Waals surface area (Å²) in [4.78, 5) is 59.3. The molecule has 6 atom stereocenters. The lowest BCUT2D eigenvalue weighted by molar-refractivity contribution is 0.282. The molecule has 0 aromatic heterocycles. The van der Waals surface area contributed by atoms with Crippen LogP contribution in [0.4, 0.5) is 0 Å². The van der Waals surface area contributed by atoms with Crippen LogP contribution in [0, 0.1) is 0 Å². The van der Waals surface area contributed by atoms with E-state index in [4.69, 9.17) is 30.7 Å². The van der Waals surface area contributed by atoms with E-state index < -0.39 is 68.0 Å². The second-order valence-corrected chi connectivity index (χ2v) is 42.3. The minimum Gasteiger partial charge on any atom is -0.436 e. The predicted octanol–water partition coefficient (Wildman–Crippen LogP) is 3.65. The molecule has 0 amide bonds. The predicted molar refractivity (Wildman–Crippen MR) is 200 cm³/mol. The van der Waals surface area contributed by atoms with Gasteiger partial charge in [0.25, 0.3) is 0 Å². The first-order valence-electron chi connectivity index (χ1n) is 15.3. The molecule has 0 radical (unpaired) electrons. The minimum atomic E-state index is -2.82. The third kappa shape index (κ3) is 29.8. The Morgan fingerprint density at radius 1 is 0.289 bits per heavy atom. The summed E-state index contributed by atoms with van der Waals surface area (Å²) in [5.41, 5.74) is 0. The number of rotatable bonds is 20. The quantitative estimate of drug-likeness (QED) is 0.0984. The van der Waals surface area contributed by atoms with Crippen molar-refractivity contribution in [2.45, 2.75) is 114 Å². The minimum absolute atomic E-state index is 0.467. The van der Waals surface area contributed by atoms with E-state index in [1.54, 1.807) is 47.0 Å². The molecule has 0 heterocycles. The fourth-order valence-electron chi connectivity index (χ4n) is 3.30. The standard InChI is InChI=1S/C11H32O6Si4.C7H20O3Si2.C6H18O4Si2/c1-15-19(5,12)9-8-18(3,4)17-21(7,14)11-10-20(6,13)16-2;1-9-11(3,4)6-7-12(5,8)10-2;1-9-11(3,7)5-6-12(4,8)10-2/h12-14H,8-11H2,1-7H3;8H,6-7H2,1-5H3;7-8H,5-6H2,1-4H3. The molecule has 276 valence electrons. The first-order valence-corrected chi connectivity index (χ1v) is 36.9. The van der Waals surface area contributed by atoms with Crippen LogP contribution in [0.3, 0.4) is 0 Å². The SMILES string of the molecule is CO[Si](C)(C)CC[Si](C)(O)OC.CO[Si](C)(O)CC[Si](C)(C)O[Si](C)(O)CC[Si](C)(O)OC.CO[Si](C)(O)CC[Si](C)(O)OC. The van der Waals surface area contributed by atoms with Gasteiger partial charge in [0.2, 0.25) is 0 Å². The molecule has 0 rings (SSSR count). The molecule has 0 saturated carbocycles. The molecular formula is C24H70O13Si8. The summed E-state index contributed by atoms with van der Waals surface area (Å²) in [7, 11) is -9.66. The molecule has 45 heavy (non-hydrogen) atoms. The summed E-state index contributed by atoms with van der Waals surface area (Å²) in [6, 6.07) is 5.09. The van der Waals surface area contributed by atoms with Crippen LogP contribution in [-0.2, 0) is 30.7 Å². The normalized spacial score (nSPS) is 20.4. The van der Waals surface area contributed by atoms with Crippen molar-refractivity contribution in [2.24, 2.45) is 0 Å². The van der Waals surface area contributed by atoms with Crippen molar-refractivity contribution in [3.05, 3.63) is 0 Å². The average molecular weight is 791 g/mol. The zero-order valence-electron chi connectivity index (χ0n) is 31.2. The molecule has 6 N–H and O–H groups in total. The zero-order valence-corrected chi connectivity index (χ0v) is 39.2. The van der Waals surface area contributed by atoms with Crippen LogP contribution < -0.4 is 0 Å². The Balaban J connectivity index is -0.000000630. The highest BCUT2D eigenvalue weighted by atomic mass is 28.4. The summed E-state index contributed by atoms with van der Waals surface area (Å²) in [5.74, 6) is 0. The van der Waals surface area contributed by atoms with E-state index in [0.29, 0.717) is 30.2 Å². The molecule has 0 aliphatic rings. The van der Waals surface area contributed by atoms with E-state index >= 15 is 0 Å². The van der Waals surface area contributed by atoms with Gasteiger partial charge < -0.3 is 59.4 Å². The van der Waals surface area contributed by atoms with Gasteiger partial charge in [-0.05, 0) is 114 Å². The Bertz CT molecular complexity index is 692. The number of hydrogen-bond donors (Lipinski definition) is 6. The molecule has 0 bridgehead atoms. The van der Waals surface area contributed by atoms with E-state index in [0.717, 1.165) is 18.1 Å². The van der Waals surface area contributed by atoms with Gasteiger partial charge in [-0.2, -0.15) is 0 Å². The van der Waals surface area contributed by atoms with Gasteiger partial charge in [-0.3, -0.25) is 0 Å². The molecule has 6 unspecified atom stereocenters. The Labute approximate surface area is 282 Å². The summed E-state index contributed by atoms with van der Waals surface area (Å²) < 4.78 is 36.5. The van der Waals surface area contributed by atoms with Crippen LogP contribution in [0.2, 0.25) is 114 Å². The molecule has 0 fully saturated rings. The monoisotopic (exact) mass is 790 g/mol. The maximum absolute atomic E-state index is 10.5. The highest BCUT2D eigenvalue weighted by Gasteiger charge is 2.40. The summed E-state index contributed by atoms with van der Waals surface area (Å²) >= 11 is 0. The maximum atomic E-state index is 10.5. The Morgan fingerprint density at radius 3 is 0.711 bits per heavy atom. The molecule has 0 aromatic carbocycles. The largest absolute Gasteiger partial charge is 0.436 e. The van der Waals surface area contributed by atoms with Crippen LogP contribution in [0.5, 0.6) is 0 Å². The van der Waals surface area contributed by atoms with Crippen LogP contribution in [0.1, 0.15) is 0 Å². The second-order valence-electron chi connectivity index (χ2n) is 13.9. The lowest BCUT2D eigenvalue weighted by Gasteiger charge is -2.34. The molecule has 0 aromatic rings. The van der Waals surface area contributed by atoms with Gasteiger partial charge in [0, 0.05) is 42.7 Å². The highest BCUT2D eigenvalue weighted by Crippen LogP contribution is 2.27. The van der Waals surface area contributed by atoms with Gasteiger partial charge in [-0.1, -0.05) is 0 Å². The van der Waals surface area contributed by atoms with Crippen molar-refractivity contribution < 1.29 is 59.4 Å².